The van der Waals surface area contributed by atoms with Crippen molar-refractivity contribution < 1.29 is 4.43 Å². The predicted molar refractivity (Wildman–Crippen MR) is 74.0 cm³/mol. The molecule has 1 heterocycles. The van der Waals surface area contributed by atoms with Gasteiger partial charge in [-0.05, 0) is 37.3 Å². The van der Waals surface area contributed by atoms with Gasteiger partial charge in [-0.15, -0.1) is 0 Å². The molecule has 1 saturated heterocycles. The molecule has 1 aliphatic heterocycles. The van der Waals surface area contributed by atoms with Crippen LogP contribution in [0.25, 0.3) is 0 Å². The number of benzene rings is 1. The van der Waals surface area contributed by atoms with Crippen LogP contribution in [0.2, 0.25) is 19.6 Å². The monoisotopic (exact) mass is 250 g/mol. The van der Waals surface area contributed by atoms with Crippen LogP contribution in [-0.2, 0) is 0 Å². The van der Waals surface area contributed by atoms with Gasteiger partial charge in [-0.25, -0.2) is 0 Å². The number of nitrogens with one attached hydrogen (secondary N) is 2. The first-order valence-corrected chi connectivity index (χ1v) is 9.68. The van der Waals surface area contributed by atoms with Crippen molar-refractivity contribution in [2.45, 2.75) is 25.7 Å². The normalized spacial score (nSPS) is 21.2. The summed E-state index contributed by atoms with van der Waals surface area (Å²) in [5.41, 5.74) is 1.33. The first-order valence-electron chi connectivity index (χ1n) is 6.28. The van der Waals surface area contributed by atoms with E-state index in [1.165, 1.54) is 5.56 Å². The average Bonchev–Trinajstić information content (AvgIpc) is 2.29. The van der Waals surface area contributed by atoms with Crippen LogP contribution in [0.1, 0.15) is 11.6 Å². The van der Waals surface area contributed by atoms with Crippen LogP contribution in [0.3, 0.4) is 0 Å². The van der Waals surface area contributed by atoms with Gasteiger partial charge in [0, 0.05) is 25.7 Å². The first kappa shape index (κ1) is 12.6. The molecule has 0 spiro atoms. The molecule has 1 fully saturated rings. The summed E-state index contributed by atoms with van der Waals surface area (Å²) in [4.78, 5) is 0. The lowest BCUT2D eigenvalue weighted by atomic mass is 10.1. The van der Waals surface area contributed by atoms with E-state index in [9.17, 15) is 0 Å². The highest BCUT2D eigenvalue weighted by atomic mass is 28.4. The fourth-order valence-electron chi connectivity index (χ4n) is 2.01. The Labute approximate surface area is 105 Å². The maximum atomic E-state index is 5.95. The van der Waals surface area contributed by atoms with Gasteiger partial charge in [-0.3, -0.25) is 0 Å². The van der Waals surface area contributed by atoms with Crippen molar-refractivity contribution in [3.63, 3.8) is 0 Å². The second-order valence-corrected chi connectivity index (χ2v) is 9.92. The Morgan fingerprint density at radius 2 is 1.82 bits per heavy atom. The van der Waals surface area contributed by atoms with Crippen LogP contribution in [-0.4, -0.2) is 28.0 Å². The summed E-state index contributed by atoms with van der Waals surface area (Å²) in [7, 11) is -1.48. The van der Waals surface area contributed by atoms with Gasteiger partial charge in [-0.2, -0.15) is 0 Å². The number of hydrogen-bond acceptors (Lipinski definition) is 3. The molecule has 0 aromatic heterocycles. The van der Waals surface area contributed by atoms with E-state index in [1.807, 2.05) is 0 Å². The molecule has 0 bridgehead atoms. The Balaban J connectivity index is 2.02. The van der Waals surface area contributed by atoms with Crippen LogP contribution in [0.5, 0.6) is 5.75 Å². The third-order valence-corrected chi connectivity index (χ3v) is 3.60. The summed E-state index contributed by atoms with van der Waals surface area (Å²) < 4.78 is 5.95. The minimum absolute atomic E-state index is 0.435. The van der Waals surface area contributed by atoms with Crippen LogP contribution < -0.4 is 15.1 Å². The summed E-state index contributed by atoms with van der Waals surface area (Å²) >= 11 is 0. The van der Waals surface area contributed by atoms with Crippen LogP contribution in [0, 0.1) is 0 Å². The van der Waals surface area contributed by atoms with E-state index in [-0.39, 0.29) is 0 Å². The number of piperazine rings is 1. The summed E-state index contributed by atoms with van der Waals surface area (Å²) in [5, 5.41) is 6.91. The quantitative estimate of drug-likeness (QED) is 0.806. The molecule has 1 aromatic carbocycles. The van der Waals surface area contributed by atoms with Gasteiger partial charge in [0.2, 0.25) is 8.32 Å². The van der Waals surface area contributed by atoms with Gasteiger partial charge >= 0.3 is 0 Å². The molecule has 3 nitrogen and oxygen atoms in total. The second-order valence-electron chi connectivity index (χ2n) is 5.49. The highest BCUT2D eigenvalue weighted by Crippen LogP contribution is 2.20. The Bertz CT molecular complexity index is 353. The van der Waals surface area contributed by atoms with Gasteiger partial charge in [0.05, 0.1) is 0 Å². The summed E-state index contributed by atoms with van der Waals surface area (Å²) in [6, 6.07) is 8.94. The zero-order chi connectivity index (χ0) is 12.3. The molecule has 0 aliphatic carbocycles. The standard InChI is InChI=1S/C13H22N2OSi/c1-17(2,3)16-12-6-4-11(5-7-12)13-10-14-8-9-15-13/h4-7,13-15H,8-10H2,1-3H3/t13-/m1/s1. The van der Waals surface area contributed by atoms with E-state index >= 15 is 0 Å². The molecule has 0 amide bonds. The smallest absolute Gasteiger partial charge is 0.242 e. The van der Waals surface area contributed by atoms with Crippen molar-refractivity contribution in [3.05, 3.63) is 29.8 Å². The van der Waals surface area contributed by atoms with Crippen molar-refractivity contribution >= 4 is 8.32 Å². The molecule has 4 heteroatoms. The highest BCUT2D eigenvalue weighted by Gasteiger charge is 2.17. The number of rotatable bonds is 3. The Morgan fingerprint density at radius 3 is 2.35 bits per heavy atom. The molecule has 0 saturated carbocycles. The molecule has 1 aromatic rings. The molecule has 0 unspecified atom stereocenters. The molecular formula is C13H22N2OSi. The van der Waals surface area contributed by atoms with E-state index in [0.717, 1.165) is 25.4 Å². The van der Waals surface area contributed by atoms with Gasteiger partial charge in [0.15, 0.2) is 0 Å². The van der Waals surface area contributed by atoms with Gasteiger partial charge in [0.1, 0.15) is 5.75 Å². The van der Waals surface area contributed by atoms with E-state index in [0.29, 0.717) is 6.04 Å². The maximum Gasteiger partial charge on any atom is 0.242 e. The van der Waals surface area contributed by atoms with Crippen LogP contribution in [0.4, 0.5) is 0 Å². The summed E-state index contributed by atoms with van der Waals surface area (Å²) in [6.45, 7) is 9.72. The molecule has 1 atom stereocenters. The maximum absolute atomic E-state index is 5.95. The van der Waals surface area contributed by atoms with Crippen molar-refractivity contribution in [2.24, 2.45) is 0 Å². The molecule has 1 aliphatic rings. The lowest BCUT2D eigenvalue weighted by Crippen LogP contribution is -2.42. The Hall–Kier alpha value is -0.843. The fraction of sp³-hybridized carbons (Fsp3) is 0.538. The number of hydrogen-bond donors (Lipinski definition) is 2. The minimum Gasteiger partial charge on any atom is -0.544 e. The molecule has 17 heavy (non-hydrogen) atoms. The van der Waals surface area contributed by atoms with Crippen molar-refractivity contribution in [3.8, 4) is 5.75 Å². The highest BCUT2D eigenvalue weighted by molar-refractivity contribution is 6.70. The van der Waals surface area contributed by atoms with E-state index in [2.05, 4.69) is 54.5 Å². The van der Waals surface area contributed by atoms with Gasteiger partial charge < -0.3 is 15.1 Å². The predicted octanol–water partition coefficient (Wildman–Crippen LogP) is 2.13. The molecule has 2 rings (SSSR count). The topological polar surface area (TPSA) is 33.3 Å². The largest absolute Gasteiger partial charge is 0.544 e. The zero-order valence-corrected chi connectivity index (χ0v) is 11.9. The fourth-order valence-corrected chi connectivity index (χ4v) is 2.85. The molecule has 94 valence electrons. The van der Waals surface area contributed by atoms with E-state index < -0.39 is 8.32 Å². The van der Waals surface area contributed by atoms with Crippen molar-refractivity contribution in [2.75, 3.05) is 19.6 Å². The van der Waals surface area contributed by atoms with Crippen LogP contribution >= 0.6 is 0 Å². The third kappa shape index (κ3) is 3.83. The summed E-state index contributed by atoms with van der Waals surface area (Å²) in [5.74, 6) is 0.997. The van der Waals surface area contributed by atoms with E-state index in [1.54, 1.807) is 0 Å². The SMILES string of the molecule is C[Si](C)(C)Oc1ccc([C@H]2CNCCN2)cc1. The van der Waals surface area contributed by atoms with Crippen molar-refractivity contribution in [1.29, 1.82) is 0 Å². The Kier molecular flexibility index (Phi) is 3.86. The van der Waals surface area contributed by atoms with E-state index in [4.69, 9.17) is 4.43 Å². The zero-order valence-electron chi connectivity index (χ0n) is 10.9. The Morgan fingerprint density at radius 1 is 1.12 bits per heavy atom. The lowest BCUT2D eigenvalue weighted by Gasteiger charge is -2.25. The first-order chi connectivity index (χ1) is 8.04. The summed E-state index contributed by atoms with van der Waals surface area (Å²) in [6.07, 6.45) is 0. The van der Waals surface area contributed by atoms with Gasteiger partial charge in [0.25, 0.3) is 0 Å². The average molecular weight is 250 g/mol. The minimum atomic E-state index is -1.48. The van der Waals surface area contributed by atoms with Crippen molar-refractivity contribution in [1.82, 2.24) is 10.6 Å². The molecular weight excluding hydrogens is 228 g/mol. The lowest BCUT2D eigenvalue weighted by molar-refractivity contribution is 0.430. The molecule has 0 radical (unpaired) electrons. The third-order valence-electron chi connectivity index (χ3n) is 2.75. The van der Waals surface area contributed by atoms with Crippen LogP contribution in [0.15, 0.2) is 24.3 Å². The molecule has 2 N–H and O–H groups in total. The second kappa shape index (κ2) is 5.21. The van der Waals surface area contributed by atoms with Gasteiger partial charge in [-0.1, -0.05) is 12.1 Å².